The lowest BCUT2D eigenvalue weighted by Crippen LogP contribution is -2.17. The number of anilines is 1. The second-order valence-corrected chi connectivity index (χ2v) is 9.32. The number of hydrogen-bond acceptors (Lipinski definition) is 5. The van der Waals surface area contributed by atoms with Crippen molar-refractivity contribution in [3.05, 3.63) is 59.5 Å². The number of hydrogen-bond donors (Lipinski definition) is 1. The van der Waals surface area contributed by atoms with Gasteiger partial charge in [-0.05, 0) is 49.6 Å². The van der Waals surface area contributed by atoms with Gasteiger partial charge in [-0.25, -0.2) is 8.42 Å². The molecular formula is C20H21N3O4S. The van der Waals surface area contributed by atoms with Gasteiger partial charge in [0.25, 0.3) is 5.91 Å². The fraction of sp³-hybridized carbons (Fsp3) is 0.300. The Labute approximate surface area is 163 Å². The molecule has 4 rings (SSSR count). The van der Waals surface area contributed by atoms with E-state index in [1.807, 2.05) is 32.0 Å². The molecular weight excluding hydrogens is 378 g/mol. The minimum Gasteiger partial charge on any atom is -0.463 e. The highest BCUT2D eigenvalue weighted by Gasteiger charge is 2.32. The van der Waals surface area contributed by atoms with Gasteiger partial charge in [0.15, 0.2) is 21.3 Å². The number of furan rings is 1. The maximum Gasteiger partial charge on any atom is 0.276 e. The van der Waals surface area contributed by atoms with Crippen molar-refractivity contribution in [1.82, 2.24) is 9.78 Å². The molecule has 1 atom stereocenters. The molecule has 146 valence electrons. The first kappa shape index (κ1) is 18.5. The van der Waals surface area contributed by atoms with Crippen molar-refractivity contribution in [2.24, 2.45) is 0 Å². The lowest BCUT2D eigenvalue weighted by Gasteiger charge is -2.12. The number of rotatable bonds is 4. The molecule has 1 amide bonds. The van der Waals surface area contributed by atoms with E-state index >= 15 is 0 Å². The Morgan fingerprint density at radius 1 is 1.25 bits per heavy atom. The largest absolute Gasteiger partial charge is 0.463 e. The molecule has 1 aliphatic heterocycles. The van der Waals surface area contributed by atoms with Crippen LogP contribution in [-0.4, -0.2) is 35.6 Å². The molecule has 7 nitrogen and oxygen atoms in total. The molecule has 1 aliphatic rings. The topological polar surface area (TPSA) is 94.2 Å². The molecule has 0 spiro atoms. The van der Waals surface area contributed by atoms with E-state index in [4.69, 9.17) is 4.42 Å². The number of carbonyl (C=O) groups is 1. The van der Waals surface area contributed by atoms with Crippen molar-refractivity contribution in [2.45, 2.75) is 26.3 Å². The third kappa shape index (κ3) is 3.47. The van der Waals surface area contributed by atoms with Crippen LogP contribution in [0.4, 0.5) is 5.69 Å². The Morgan fingerprint density at radius 3 is 2.75 bits per heavy atom. The predicted octanol–water partition coefficient (Wildman–Crippen LogP) is 3.37. The summed E-state index contributed by atoms with van der Waals surface area (Å²) in [6.07, 6.45) is 2.00. The van der Waals surface area contributed by atoms with E-state index in [0.717, 1.165) is 16.8 Å². The van der Waals surface area contributed by atoms with Gasteiger partial charge < -0.3 is 9.73 Å². The van der Waals surface area contributed by atoms with Gasteiger partial charge in [-0.1, -0.05) is 12.1 Å². The minimum atomic E-state index is -3.09. The van der Waals surface area contributed by atoms with Gasteiger partial charge in [0, 0.05) is 11.8 Å². The summed E-state index contributed by atoms with van der Waals surface area (Å²) in [7, 11) is -3.09. The zero-order valence-corrected chi connectivity index (χ0v) is 16.5. The highest BCUT2D eigenvalue weighted by atomic mass is 32.2. The van der Waals surface area contributed by atoms with Crippen LogP contribution in [0.5, 0.6) is 0 Å². The van der Waals surface area contributed by atoms with E-state index in [2.05, 4.69) is 10.4 Å². The van der Waals surface area contributed by atoms with Crippen LogP contribution in [0.1, 0.15) is 34.1 Å². The van der Waals surface area contributed by atoms with Gasteiger partial charge >= 0.3 is 0 Å². The zero-order valence-electron chi connectivity index (χ0n) is 15.7. The number of nitrogens with zero attached hydrogens (tertiary/aromatic N) is 2. The molecule has 1 N–H and O–H groups in total. The quantitative estimate of drug-likeness (QED) is 0.726. The predicted molar refractivity (Wildman–Crippen MR) is 106 cm³/mol. The van der Waals surface area contributed by atoms with E-state index in [1.54, 1.807) is 22.9 Å². The van der Waals surface area contributed by atoms with Crippen LogP contribution < -0.4 is 5.32 Å². The first-order valence-corrected chi connectivity index (χ1v) is 10.9. The summed E-state index contributed by atoms with van der Waals surface area (Å²) in [5.74, 6) is 0.336. The van der Waals surface area contributed by atoms with Crippen LogP contribution in [0.3, 0.4) is 0 Å². The maximum absolute atomic E-state index is 12.8. The summed E-state index contributed by atoms with van der Waals surface area (Å²) in [5, 5.41) is 7.34. The van der Waals surface area contributed by atoms with Gasteiger partial charge in [-0.2, -0.15) is 5.10 Å². The first-order chi connectivity index (χ1) is 13.3. The van der Waals surface area contributed by atoms with E-state index in [1.165, 1.54) is 6.26 Å². The fourth-order valence-corrected chi connectivity index (χ4v) is 5.13. The van der Waals surface area contributed by atoms with Gasteiger partial charge in [0.05, 0.1) is 23.8 Å². The second kappa shape index (κ2) is 6.94. The number of carbonyl (C=O) groups excluding carboxylic acids is 1. The molecule has 3 aromatic rings. The van der Waals surface area contributed by atoms with Crippen molar-refractivity contribution in [1.29, 1.82) is 0 Å². The summed E-state index contributed by atoms with van der Waals surface area (Å²) < 4.78 is 30.9. The Hall–Kier alpha value is -2.87. The summed E-state index contributed by atoms with van der Waals surface area (Å²) in [6.45, 7) is 3.93. The monoisotopic (exact) mass is 399 g/mol. The van der Waals surface area contributed by atoms with Gasteiger partial charge in [0.2, 0.25) is 0 Å². The number of sulfone groups is 1. The molecule has 0 radical (unpaired) electrons. The van der Waals surface area contributed by atoms with Gasteiger partial charge in [-0.3, -0.25) is 9.48 Å². The number of aryl methyl sites for hydroxylation is 1. The molecule has 1 unspecified atom stereocenters. The standard InChI is InChI=1S/C20H21N3O4S/c1-13-5-3-6-16(14(13)2)21-20(24)17-11-18(19-7-4-9-27-19)23(22-17)15-8-10-28(25,26)12-15/h3-7,9,11,15H,8,10,12H2,1-2H3,(H,21,24). The molecule has 0 aliphatic carbocycles. The SMILES string of the molecule is Cc1cccc(NC(=O)c2cc(-c3ccco3)n(C3CCS(=O)(=O)C3)n2)c1C. The summed E-state index contributed by atoms with van der Waals surface area (Å²) in [5.41, 5.74) is 3.61. The molecule has 28 heavy (non-hydrogen) atoms. The van der Waals surface area contributed by atoms with Crippen molar-refractivity contribution in [2.75, 3.05) is 16.8 Å². The number of amides is 1. The molecule has 0 bridgehead atoms. The van der Waals surface area contributed by atoms with Crippen molar-refractivity contribution in [3.8, 4) is 11.5 Å². The van der Waals surface area contributed by atoms with E-state index in [0.29, 0.717) is 17.9 Å². The van der Waals surface area contributed by atoms with Crippen molar-refractivity contribution >= 4 is 21.4 Å². The van der Waals surface area contributed by atoms with Crippen LogP contribution in [0.15, 0.2) is 47.1 Å². The van der Waals surface area contributed by atoms with Crippen molar-refractivity contribution < 1.29 is 17.6 Å². The summed E-state index contributed by atoms with van der Waals surface area (Å²) >= 11 is 0. The Bertz CT molecular complexity index is 1130. The van der Waals surface area contributed by atoms with Gasteiger partial charge in [0.1, 0.15) is 5.69 Å². The highest BCUT2D eigenvalue weighted by molar-refractivity contribution is 7.91. The van der Waals surface area contributed by atoms with Crippen LogP contribution in [0, 0.1) is 13.8 Å². The van der Waals surface area contributed by atoms with Crippen molar-refractivity contribution in [3.63, 3.8) is 0 Å². The van der Waals surface area contributed by atoms with E-state index in [9.17, 15) is 13.2 Å². The zero-order chi connectivity index (χ0) is 19.9. The molecule has 3 heterocycles. The smallest absolute Gasteiger partial charge is 0.276 e. The van der Waals surface area contributed by atoms with Gasteiger partial charge in [-0.15, -0.1) is 0 Å². The van der Waals surface area contributed by atoms with Crippen LogP contribution in [0.2, 0.25) is 0 Å². The average molecular weight is 399 g/mol. The highest BCUT2D eigenvalue weighted by Crippen LogP contribution is 2.30. The third-order valence-corrected chi connectivity index (χ3v) is 6.90. The van der Waals surface area contributed by atoms with Crippen LogP contribution in [-0.2, 0) is 9.84 Å². The molecule has 1 fully saturated rings. The Balaban J connectivity index is 1.69. The molecule has 1 saturated heterocycles. The maximum atomic E-state index is 12.8. The Kier molecular flexibility index (Phi) is 4.58. The molecule has 8 heteroatoms. The molecule has 0 saturated carbocycles. The normalized spacial score (nSPS) is 18.3. The lowest BCUT2D eigenvalue weighted by molar-refractivity contribution is 0.102. The number of benzene rings is 1. The molecule has 1 aromatic carbocycles. The van der Waals surface area contributed by atoms with Crippen LogP contribution >= 0.6 is 0 Å². The summed E-state index contributed by atoms with van der Waals surface area (Å²) in [6, 6.07) is 10.5. The third-order valence-electron chi connectivity index (χ3n) is 5.15. The average Bonchev–Trinajstić information content (AvgIpc) is 3.37. The number of nitrogens with one attached hydrogen (secondary N) is 1. The molecule has 2 aromatic heterocycles. The fourth-order valence-electron chi connectivity index (χ4n) is 3.43. The first-order valence-electron chi connectivity index (χ1n) is 9.05. The summed E-state index contributed by atoms with van der Waals surface area (Å²) in [4.78, 5) is 12.8. The minimum absolute atomic E-state index is 0.0143. The van der Waals surface area contributed by atoms with Crippen LogP contribution in [0.25, 0.3) is 11.5 Å². The number of aromatic nitrogens is 2. The second-order valence-electron chi connectivity index (χ2n) is 7.10. The lowest BCUT2D eigenvalue weighted by atomic mass is 10.1. The Morgan fingerprint density at radius 2 is 2.07 bits per heavy atom. The van der Waals surface area contributed by atoms with E-state index in [-0.39, 0.29) is 29.1 Å². The van der Waals surface area contributed by atoms with E-state index < -0.39 is 9.84 Å².